The second-order valence-electron chi connectivity index (χ2n) is 5.56. The lowest BCUT2D eigenvalue weighted by molar-refractivity contribution is 0.262. The molecule has 0 radical (unpaired) electrons. The van der Waals surface area contributed by atoms with Gasteiger partial charge in [-0.3, -0.25) is 9.13 Å². The number of halogens is 1. The first-order valence-corrected chi connectivity index (χ1v) is 8.10. The molecule has 0 fully saturated rings. The van der Waals surface area contributed by atoms with Crippen LogP contribution >= 0.6 is 0 Å². The second kappa shape index (κ2) is 6.80. The smallest absolute Gasteiger partial charge is 0.308 e. The maximum absolute atomic E-state index is 12.9. The van der Waals surface area contributed by atoms with Crippen LogP contribution in [0.2, 0.25) is 0 Å². The minimum Gasteiger partial charge on any atom is -0.308 e. The third-order valence-electron chi connectivity index (χ3n) is 4.01. The van der Waals surface area contributed by atoms with E-state index >= 15 is 0 Å². The fraction of sp³-hybridized carbons (Fsp3) is 0.222. The molecule has 0 aliphatic rings. The van der Waals surface area contributed by atoms with Crippen LogP contribution in [-0.4, -0.2) is 15.2 Å². The van der Waals surface area contributed by atoms with Gasteiger partial charge < -0.3 is 10.6 Å². The predicted molar refractivity (Wildman–Crippen MR) is 96.6 cm³/mol. The first-order valence-electron chi connectivity index (χ1n) is 8.10. The molecular formula is C18H19FN4O2. The fourth-order valence-corrected chi connectivity index (χ4v) is 2.84. The summed E-state index contributed by atoms with van der Waals surface area (Å²) in [6.07, 6.45) is 0. The van der Waals surface area contributed by atoms with Crippen molar-refractivity contribution in [1.82, 2.24) is 9.13 Å². The summed E-state index contributed by atoms with van der Waals surface area (Å²) in [7, 11) is 0. The molecule has 130 valence electrons. The molecule has 25 heavy (non-hydrogen) atoms. The van der Waals surface area contributed by atoms with Crippen molar-refractivity contribution in [2.24, 2.45) is 0 Å². The van der Waals surface area contributed by atoms with Gasteiger partial charge in [-0.2, -0.15) is 0 Å². The largest absolute Gasteiger partial charge is 0.329 e. The van der Waals surface area contributed by atoms with Gasteiger partial charge in [0.05, 0.1) is 11.0 Å². The number of urea groups is 1. The topological polar surface area (TPSA) is 68.1 Å². The number of fused-ring (bicyclic) bond motifs is 1. The van der Waals surface area contributed by atoms with Gasteiger partial charge in [-0.15, -0.1) is 0 Å². The average Bonchev–Trinajstić information content (AvgIpc) is 2.86. The molecule has 0 aliphatic heterocycles. The zero-order valence-electron chi connectivity index (χ0n) is 14.0. The summed E-state index contributed by atoms with van der Waals surface area (Å²) in [6.45, 7) is 4.96. The first-order chi connectivity index (χ1) is 12.0. The predicted octanol–water partition coefficient (Wildman–Crippen LogP) is 3.63. The van der Waals surface area contributed by atoms with Crippen LogP contribution in [0.25, 0.3) is 11.0 Å². The number of benzene rings is 2. The number of aryl methyl sites for hydroxylation is 2. The summed E-state index contributed by atoms with van der Waals surface area (Å²) in [6, 6.07) is 10.4. The lowest BCUT2D eigenvalue weighted by Crippen LogP contribution is -2.23. The Morgan fingerprint density at radius 3 is 2.12 bits per heavy atom. The van der Waals surface area contributed by atoms with Crippen LogP contribution in [0.5, 0.6) is 0 Å². The van der Waals surface area contributed by atoms with Crippen LogP contribution in [0.15, 0.2) is 47.3 Å². The zero-order valence-corrected chi connectivity index (χ0v) is 14.0. The van der Waals surface area contributed by atoms with E-state index in [0.717, 1.165) is 11.0 Å². The third-order valence-corrected chi connectivity index (χ3v) is 4.01. The van der Waals surface area contributed by atoms with Gasteiger partial charge in [-0.05, 0) is 56.3 Å². The van der Waals surface area contributed by atoms with Crippen LogP contribution in [0.4, 0.5) is 20.6 Å². The lowest BCUT2D eigenvalue weighted by atomic mass is 10.2. The summed E-state index contributed by atoms with van der Waals surface area (Å²) in [5.74, 6) is -0.366. The Morgan fingerprint density at radius 2 is 1.48 bits per heavy atom. The third kappa shape index (κ3) is 3.26. The van der Waals surface area contributed by atoms with Crippen molar-refractivity contribution in [2.75, 3.05) is 10.6 Å². The van der Waals surface area contributed by atoms with E-state index < -0.39 is 6.03 Å². The molecule has 0 saturated carbocycles. The lowest BCUT2D eigenvalue weighted by Gasteiger charge is -2.08. The van der Waals surface area contributed by atoms with E-state index in [1.165, 1.54) is 24.3 Å². The number of aromatic nitrogens is 2. The number of anilines is 2. The van der Waals surface area contributed by atoms with E-state index in [-0.39, 0.29) is 11.5 Å². The molecule has 0 unspecified atom stereocenters. The highest BCUT2D eigenvalue weighted by Crippen LogP contribution is 2.19. The number of hydrogen-bond acceptors (Lipinski definition) is 2. The molecule has 0 aliphatic carbocycles. The minimum absolute atomic E-state index is 0.0621. The molecule has 6 nitrogen and oxygen atoms in total. The van der Waals surface area contributed by atoms with E-state index in [9.17, 15) is 14.0 Å². The van der Waals surface area contributed by atoms with Gasteiger partial charge in [-0.25, -0.2) is 14.0 Å². The Balaban J connectivity index is 1.85. The van der Waals surface area contributed by atoms with Gasteiger partial charge in [0, 0.05) is 24.5 Å². The number of imidazole rings is 1. The summed E-state index contributed by atoms with van der Waals surface area (Å²) in [5.41, 5.74) is 2.60. The summed E-state index contributed by atoms with van der Waals surface area (Å²) in [5, 5.41) is 5.36. The molecule has 0 bridgehead atoms. The van der Waals surface area contributed by atoms with Crippen molar-refractivity contribution in [2.45, 2.75) is 26.9 Å². The highest BCUT2D eigenvalue weighted by molar-refractivity contribution is 6.00. The van der Waals surface area contributed by atoms with E-state index in [0.29, 0.717) is 24.5 Å². The Morgan fingerprint density at radius 1 is 0.920 bits per heavy atom. The van der Waals surface area contributed by atoms with Gasteiger partial charge in [0.2, 0.25) is 0 Å². The van der Waals surface area contributed by atoms with E-state index in [1.54, 1.807) is 21.3 Å². The molecule has 0 atom stereocenters. The van der Waals surface area contributed by atoms with Crippen molar-refractivity contribution in [3.63, 3.8) is 0 Å². The number of amides is 2. The molecule has 1 heterocycles. The van der Waals surface area contributed by atoms with Crippen molar-refractivity contribution in [1.29, 1.82) is 0 Å². The summed E-state index contributed by atoms with van der Waals surface area (Å²) >= 11 is 0. The molecular weight excluding hydrogens is 323 g/mol. The Kier molecular flexibility index (Phi) is 4.56. The van der Waals surface area contributed by atoms with Crippen molar-refractivity contribution in [3.05, 3.63) is 58.8 Å². The number of nitrogens with zero attached hydrogens (tertiary/aromatic N) is 2. The second-order valence-corrected chi connectivity index (χ2v) is 5.56. The normalized spacial score (nSPS) is 10.8. The molecule has 3 aromatic rings. The SMILES string of the molecule is CCn1c(=O)n(CC)c2cc(NC(=O)Nc3ccc(F)cc3)ccc21. The van der Waals surface area contributed by atoms with Gasteiger partial charge in [0.15, 0.2) is 0 Å². The van der Waals surface area contributed by atoms with Crippen LogP contribution in [0, 0.1) is 5.82 Å². The molecule has 2 amide bonds. The molecule has 1 aromatic heterocycles. The summed E-state index contributed by atoms with van der Waals surface area (Å²) < 4.78 is 16.3. The Labute approximate surface area is 143 Å². The van der Waals surface area contributed by atoms with E-state index in [4.69, 9.17) is 0 Å². The highest BCUT2D eigenvalue weighted by atomic mass is 19.1. The van der Waals surface area contributed by atoms with Crippen LogP contribution in [0.1, 0.15) is 13.8 Å². The van der Waals surface area contributed by atoms with Gasteiger partial charge >= 0.3 is 11.7 Å². The number of hydrogen-bond donors (Lipinski definition) is 2. The molecule has 0 saturated heterocycles. The van der Waals surface area contributed by atoms with Crippen molar-refractivity contribution < 1.29 is 9.18 Å². The van der Waals surface area contributed by atoms with Crippen molar-refractivity contribution >= 4 is 28.4 Å². The van der Waals surface area contributed by atoms with Crippen LogP contribution < -0.4 is 16.3 Å². The van der Waals surface area contributed by atoms with Gasteiger partial charge in [0.1, 0.15) is 5.82 Å². The Hall–Kier alpha value is -3.09. The number of carbonyl (C=O) groups is 1. The zero-order chi connectivity index (χ0) is 18.0. The van der Waals surface area contributed by atoms with Crippen LogP contribution in [-0.2, 0) is 13.1 Å². The van der Waals surface area contributed by atoms with Crippen molar-refractivity contribution in [3.8, 4) is 0 Å². The maximum Gasteiger partial charge on any atom is 0.329 e. The van der Waals surface area contributed by atoms with E-state index in [2.05, 4.69) is 10.6 Å². The number of rotatable bonds is 4. The first kappa shape index (κ1) is 16.8. The van der Waals surface area contributed by atoms with Gasteiger partial charge in [0.25, 0.3) is 0 Å². The molecule has 2 N–H and O–H groups in total. The average molecular weight is 342 g/mol. The molecule has 7 heteroatoms. The maximum atomic E-state index is 12.9. The minimum atomic E-state index is -0.439. The van der Waals surface area contributed by atoms with Crippen LogP contribution in [0.3, 0.4) is 0 Å². The number of carbonyl (C=O) groups excluding carboxylic acids is 1. The van der Waals surface area contributed by atoms with E-state index in [1.807, 2.05) is 19.9 Å². The highest BCUT2D eigenvalue weighted by Gasteiger charge is 2.12. The molecule has 2 aromatic carbocycles. The van der Waals surface area contributed by atoms with Gasteiger partial charge in [-0.1, -0.05) is 0 Å². The number of nitrogens with one attached hydrogen (secondary N) is 2. The Bertz CT molecular complexity index is 973. The summed E-state index contributed by atoms with van der Waals surface area (Å²) in [4.78, 5) is 24.4. The quantitative estimate of drug-likeness (QED) is 0.760. The monoisotopic (exact) mass is 342 g/mol. The molecule has 0 spiro atoms. The molecule has 3 rings (SSSR count). The fourth-order valence-electron chi connectivity index (χ4n) is 2.84. The standard InChI is InChI=1S/C18H19FN4O2/c1-3-22-15-10-9-14(11-16(15)23(4-2)18(22)25)21-17(24)20-13-7-5-12(19)6-8-13/h5-11H,3-4H2,1-2H3,(H2,20,21,24).